The molecule has 0 bridgehead atoms. The summed E-state index contributed by atoms with van der Waals surface area (Å²) >= 11 is 0. The van der Waals surface area contributed by atoms with Crippen LogP contribution in [0.5, 0.6) is 5.75 Å². The fourth-order valence-electron chi connectivity index (χ4n) is 2.93. The first-order chi connectivity index (χ1) is 18.2. The van der Waals surface area contributed by atoms with Gasteiger partial charge in [-0.25, -0.2) is 9.59 Å². The molecular formula is C26H31N3O9. The summed E-state index contributed by atoms with van der Waals surface area (Å²) in [7, 11) is 2.97. The van der Waals surface area contributed by atoms with Crippen LogP contribution >= 0.6 is 0 Å². The molecule has 0 unspecified atom stereocenters. The quantitative estimate of drug-likeness (QED) is 0.121. The molecule has 2 aromatic carbocycles. The highest BCUT2D eigenvalue weighted by atomic mass is 16.6. The van der Waals surface area contributed by atoms with Gasteiger partial charge in [-0.2, -0.15) is 4.99 Å². The van der Waals surface area contributed by atoms with Crippen LogP contribution in [0.1, 0.15) is 33.2 Å². The molecule has 0 aliphatic heterocycles. The molecule has 0 radical (unpaired) electrons. The minimum absolute atomic E-state index is 0.0478. The molecule has 0 fully saturated rings. The van der Waals surface area contributed by atoms with Gasteiger partial charge in [0.1, 0.15) is 24.8 Å². The van der Waals surface area contributed by atoms with Gasteiger partial charge in [-0.1, -0.05) is 12.1 Å². The van der Waals surface area contributed by atoms with Crippen LogP contribution in [0.25, 0.3) is 0 Å². The number of carbonyl (C=O) groups excluding carboxylic acids is 4. The van der Waals surface area contributed by atoms with Crippen molar-refractivity contribution in [3.63, 3.8) is 0 Å². The lowest BCUT2D eigenvalue weighted by molar-refractivity contribution is -0.147. The number of nitrogens with two attached hydrogens (primary N) is 1. The number of benzene rings is 2. The molecule has 12 nitrogen and oxygen atoms in total. The number of ether oxygens (including phenoxy) is 5. The molecule has 204 valence electrons. The molecule has 1 atom stereocenters. The van der Waals surface area contributed by atoms with E-state index >= 15 is 0 Å². The maximum atomic E-state index is 12.8. The second kappa shape index (κ2) is 15.7. The number of Topliss-reactive ketones (excluding diaryl/α,β-unsaturated/α-hetero) is 1. The minimum Gasteiger partial charge on any atom is -0.482 e. The Kier molecular flexibility index (Phi) is 12.4. The Balaban J connectivity index is 1.88. The Morgan fingerprint density at radius 3 is 1.97 bits per heavy atom. The summed E-state index contributed by atoms with van der Waals surface area (Å²) in [6.07, 6.45) is -0.853. The Morgan fingerprint density at radius 2 is 1.37 bits per heavy atom. The molecule has 0 aromatic heterocycles. The SMILES string of the molecule is COCCOC(=O)COc1ccc(C(=O)[C@H](C)NC(=O)c2ccc(C(N)=NC(=O)OCCOC)cc2)cc1. The molecule has 0 aliphatic carbocycles. The minimum atomic E-state index is -0.853. The van der Waals surface area contributed by atoms with E-state index in [9.17, 15) is 19.2 Å². The largest absolute Gasteiger partial charge is 0.482 e. The zero-order valence-corrected chi connectivity index (χ0v) is 21.4. The third-order valence-corrected chi connectivity index (χ3v) is 4.95. The van der Waals surface area contributed by atoms with Crippen LogP contribution in [-0.2, 0) is 23.7 Å². The Hall–Kier alpha value is -4.29. The zero-order valence-electron chi connectivity index (χ0n) is 21.4. The van der Waals surface area contributed by atoms with E-state index in [0.717, 1.165) is 0 Å². The first kappa shape index (κ1) is 29.9. The van der Waals surface area contributed by atoms with Crippen LogP contribution in [0.4, 0.5) is 4.79 Å². The van der Waals surface area contributed by atoms with Crippen molar-refractivity contribution in [2.75, 3.05) is 47.3 Å². The van der Waals surface area contributed by atoms with Gasteiger partial charge in [0, 0.05) is 30.9 Å². The number of methoxy groups -OCH3 is 2. The molecule has 2 aromatic rings. The molecule has 12 heteroatoms. The first-order valence-electron chi connectivity index (χ1n) is 11.6. The summed E-state index contributed by atoms with van der Waals surface area (Å²) in [5.74, 6) is -1.02. The normalized spacial score (nSPS) is 11.8. The van der Waals surface area contributed by atoms with Gasteiger partial charge in [-0.3, -0.25) is 9.59 Å². The van der Waals surface area contributed by atoms with Crippen molar-refractivity contribution in [1.82, 2.24) is 5.32 Å². The van der Waals surface area contributed by atoms with Crippen molar-refractivity contribution >= 4 is 29.6 Å². The van der Waals surface area contributed by atoms with Crippen molar-refractivity contribution in [2.24, 2.45) is 10.7 Å². The lowest BCUT2D eigenvalue weighted by atomic mass is 10.0. The zero-order chi connectivity index (χ0) is 27.9. The van der Waals surface area contributed by atoms with Crippen LogP contribution in [0.15, 0.2) is 53.5 Å². The van der Waals surface area contributed by atoms with Crippen LogP contribution in [0.2, 0.25) is 0 Å². The summed E-state index contributed by atoms with van der Waals surface area (Å²) in [5, 5.41) is 2.64. The topological polar surface area (TPSA) is 165 Å². The lowest BCUT2D eigenvalue weighted by Crippen LogP contribution is -2.38. The van der Waals surface area contributed by atoms with Crippen LogP contribution in [0.3, 0.4) is 0 Å². The van der Waals surface area contributed by atoms with Crippen molar-refractivity contribution in [3.05, 3.63) is 65.2 Å². The van der Waals surface area contributed by atoms with Gasteiger partial charge >= 0.3 is 12.1 Å². The van der Waals surface area contributed by atoms with E-state index in [1.807, 2.05) is 0 Å². The van der Waals surface area contributed by atoms with E-state index in [1.54, 1.807) is 19.1 Å². The van der Waals surface area contributed by atoms with Gasteiger partial charge in [0.15, 0.2) is 12.4 Å². The number of ketones is 1. The van der Waals surface area contributed by atoms with Gasteiger partial charge in [0.25, 0.3) is 5.91 Å². The van der Waals surface area contributed by atoms with Crippen LogP contribution in [0, 0.1) is 0 Å². The number of carbonyl (C=O) groups is 4. The highest BCUT2D eigenvalue weighted by molar-refractivity contribution is 6.05. The highest BCUT2D eigenvalue weighted by Crippen LogP contribution is 2.14. The first-order valence-corrected chi connectivity index (χ1v) is 11.6. The Labute approximate surface area is 220 Å². The third-order valence-electron chi connectivity index (χ3n) is 4.95. The molecule has 3 N–H and O–H groups in total. The van der Waals surface area contributed by atoms with E-state index in [4.69, 9.17) is 29.4 Å². The summed E-state index contributed by atoms with van der Waals surface area (Å²) in [6, 6.07) is 11.4. The predicted molar refractivity (Wildman–Crippen MR) is 136 cm³/mol. The fourth-order valence-corrected chi connectivity index (χ4v) is 2.93. The number of rotatable bonds is 14. The number of nitrogens with one attached hydrogen (secondary N) is 1. The van der Waals surface area contributed by atoms with E-state index in [0.29, 0.717) is 23.5 Å². The summed E-state index contributed by atoms with van der Waals surface area (Å²) < 4.78 is 24.6. The number of hydrogen-bond acceptors (Lipinski definition) is 9. The summed E-state index contributed by atoms with van der Waals surface area (Å²) in [4.78, 5) is 52.2. The molecule has 2 amide bonds. The number of nitrogens with zero attached hydrogens (tertiary/aromatic N) is 1. The van der Waals surface area contributed by atoms with Gasteiger partial charge in [0.2, 0.25) is 0 Å². The lowest BCUT2D eigenvalue weighted by Gasteiger charge is -2.14. The van der Waals surface area contributed by atoms with Crippen molar-refractivity contribution < 1.29 is 42.9 Å². The Morgan fingerprint density at radius 1 is 0.816 bits per heavy atom. The molecule has 0 saturated carbocycles. The smallest absolute Gasteiger partial charge is 0.435 e. The third kappa shape index (κ3) is 9.99. The second-order valence-electron chi connectivity index (χ2n) is 7.77. The molecule has 0 spiro atoms. The average molecular weight is 530 g/mol. The summed E-state index contributed by atoms with van der Waals surface area (Å²) in [6.45, 7) is 1.99. The monoisotopic (exact) mass is 529 g/mol. The Bertz CT molecular complexity index is 1120. The molecular weight excluding hydrogens is 498 g/mol. The van der Waals surface area contributed by atoms with E-state index in [-0.39, 0.29) is 43.6 Å². The van der Waals surface area contributed by atoms with Gasteiger partial charge < -0.3 is 34.7 Å². The number of esters is 1. The van der Waals surface area contributed by atoms with E-state index in [1.165, 1.54) is 50.6 Å². The molecule has 0 heterocycles. The van der Waals surface area contributed by atoms with Crippen molar-refractivity contribution in [2.45, 2.75) is 13.0 Å². The predicted octanol–water partition coefficient (Wildman–Crippen LogP) is 1.74. The summed E-state index contributed by atoms with van der Waals surface area (Å²) in [5.41, 5.74) is 6.87. The number of amides is 2. The maximum absolute atomic E-state index is 12.8. The number of aliphatic imine (C=N–C) groups is 1. The van der Waals surface area contributed by atoms with Crippen LogP contribution < -0.4 is 15.8 Å². The number of amidine groups is 1. The van der Waals surface area contributed by atoms with Gasteiger partial charge in [0.05, 0.1) is 19.3 Å². The standard InChI is InChI=1S/C26H31N3O9/c1-17(23(31)18-8-10-21(11-9-18)38-16-22(30)36-14-12-34-2)28-25(32)20-6-4-19(5-7-20)24(27)29-26(33)37-15-13-35-3/h4-11,17H,12-16H2,1-3H3,(H,28,32)(H2,27,29,33)/t17-/m0/s1. The van der Waals surface area contributed by atoms with Gasteiger partial charge in [-0.15, -0.1) is 0 Å². The molecule has 0 aliphatic rings. The molecule has 2 rings (SSSR count). The van der Waals surface area contributed by atoms with Crippen LogP contribution in [-0.4, -0.2) is 82.9 Å². The van der Waals surface area contributed by atoms with E-state index in [2.05, 4.69) is 10.3 Å². The maximum Gasteiger partial charge on any atom is 0.435 e. The van der Waals surface area contributed by atoms with Crippen molar-refractivity contribution in [3.8, 4) is 5.75 Å². The molecule has 0 saturated heterocycles. The second-order valence-corrected chi connectivity index (χ2v) is 7.77. The van der Waals surface area contributed by atoms with Crippen molar-refractivity contribution in [1.29, 1.82) is 0 Å². The highest BCUT2D eigenvalue weighted by Gasteiger charge is 2.19. The van der Waals surface area contributed by atoms with E-state index < -0.39 is 24.0 Å². The average Bonchev–Trinajstić information content (AvgIpc) is 2.92. The fraction of sp³-hybridized carbons (Fsp3) is 0.346. The molecule has 38 heavy (non-hydrogen) atoms. The number of hydrogen-bond donors (Lipinski definition) is 2. The van der Waals surface area contributed by atoms with Gasteiger partial charge in [-0.05, 0) is 43.3 Å².